The lowest BCUT2D eigenvalue weighted by Gasteiger charge is -2.26. The van der Waals surface area contributed by atoms with E-state index in [4.69, 9.17) is 4.74 Å². The number of rotatable bonds is 6. The van der Waals surface area contributed by atoms with E-state index in [2.05, 4.69) is 15.5 Å². The van der Waals surface area contributed by atoms with Gasteiger partial charge in [-0.25, -0.2) is 5.10 Å². The molecule has 1 aromatic heterocycles. The minimum atomic E-state index is -0.343. The number of H-pyrrole nitrogens is 1. The number of nitrogens with one attached hydrogen (secondary N) is 2. The summed E-state index contributed by atoms with van der Waals surface area (Å²) in [5.41, 5.74) is 0.856. The Kier molecular flexibility index (Phi) is 5.52. The molecule has 2 aromatic carbocycles. The molecule has 0 radical (unpaired) electrons. The van der Waals surface area contributed by atoms with Crippen LogP contribution in [0.15, 0.2) is 53.3 Å². The van der Waals surface area contributed by atoms with Gasteiger partial charge in [0, 0.05) is 17.5 Å². The number of aromatic nitrogens is 2. The number of hydrogen-bond donors (Lipinski definition) is 2. The molecule has 1 atom stereocenters. The molecule has 0 saturated carbocycles. The number of methoxy groups -OCH3 is 1. The highest BCUT2D eigenvalue weighted by Crippen LogP contribution is 2.27. The van der Waals surface area contributed by atoms with E-state index in [0.717, 1.165) is 11.3 Å². The van der Waals surface area contributed by atoms with E-state index in [1.807, 2.05) is 43.3 Å². The first-order valence-corrected chi connectivity index (χ1v) is 8.58. The Morgan fingerprint density at radius 3 is 2.52 bits per heavy atom. The Morgan fingerprint density at radius 1 is 1.15 bits per heavy atom. The summed E-state index contributed by atoms with van der Waals surface area (Å²) in [6.07, 6.45) is 0. The van der Waals surface area contributed by atoms with Gasteiger partial charge in [0.1, 0.15) is 5.75 Å². The number of amides is 1. The lowest BCUT2D eigenvalue weighted by atomic mass is 10.0. The molecule has 7 nitrogen and oxygen atoms in total. The number of aromatic amines is 1. The third-order valence-corrected chi connectivity index (χ3v) is 4.49. The maximum absolute atomic E-state index is 12.7. The van der Waals surface area contributed by atoms with Crippen LogP contribution in [-0.2, 0) is 0 Å². The maximum atomic E-state index is 12.7. The van der Waals surface area contributed by atoms with Crippen molar-refractivity contribution in [3.05, 3.63) is 70.1 Å². The summed E-state index contributed by atoms with van der Waals surface area (Å²) in [4.78, 5) is 26.6. The Morgan fingerprint density at radius 2 is 1.81 bits per heavy atom. The summed E-state index contributed by atoms with van der Waals surface area (Å²) in [6.45, 7) is 0.362. The van der Waals surface area contributed by atoms with Gasteiger partial charge in [-0.3, -0.25) is 9.59 Å². The Hall–Kier alpha value is -3.19. The van der Waals surface area contributed by atoms with Crippen molar-refractivity contribution in [2.24, 2.45) is 0 Å². The highest BCUT2D eigenvalue weighted by molar-refractivity contribution is 6.04. The minimum Gasteiger partial charge on any atom is -0.496 e. The fraction of sp³-hybridized carbons (Fsp3) is 0.250. The van der Waals surface area contributed by atoms with Gasteiger partial charge in [0.15, 0.2) is 5.69 Å². The van der Waals surface area contributed by atoms with Gasteiger partial charge in [0.05, 0.1) is 18.5 Å². The van der Waals surface area contributed by atoms with Gasteiger partial charge in [0.2, 0.25) is 0 Å². The standard InChI is InChI=1S/C20H22N4O3/c1-24(2)16(15-10-6-7-11-17(15)27-3)12-21-20(26)18-13-8-4-5-9-14(13)19(25)23-22-18/h4-11,16H,12H2,1-3H3,(H,21,26)(H,23,25). The van der Waals surface area contributed by atoms with Crippen molar-refractivity contribution in [1.29, 1.82) is 0 Å². The van der Waals surface area contributed by atoms with Crippen molar-refractivity contribution in [2.75, 3.05) is 27.7 Å². The third kappa shape index (κ3) is 3.83. The van der Waals surface area contributed by atoms with Gasteiger partial charge in [-0.05, 0) is 26.2 Å². The first-order chi connectivity index (χ1) is 13.0. The fourth-order valence-electron chi connectivity index (χ4n) is 3.07. The van der Waals surface area contributed by atoms with E-state index in [0.29, 0.717) is 17.3 Å². The lowest BCUT2D eigenvalue weighted by Crippen LogP contribution is -2.35. The fourth-order valence-corrected chi connectivity index (χ4v) is 3.07. The van der Waals surface area contributed by atoms with Gasteiger partial charge < -0.3 is 15.0 Å². The summed E-state index contributed by atoms with van der Waals surface area (Å²) in [7, 11) is 5.51. The molecule has 1 heterocycles. The molecule has 0 spiro atoms. The predicted molar refractivity (Wildman–Crippen MR) is 104 cm³/mol. The minimum absolute atomic E-state index is 0.0841. The van der Waals surface area contributed by atoms with Crippen molar-refractivity contribution in [2.45, 2.75) is 6.04 Å². The number of para-hydroxylation sites is 1. The van der Waals surface area contributed by atoms with Crippen LogP contribution < -0.4 is 15.6 Å². The zero-order valence-electron chi connectivity index (χ0n) is 15.5. The molecule has 2 N–H and O–H groups in total. The van der Waals surface area contributed by atoms with E-state index < -0.39 is 0 Å². The van der Waals surface area contributed by atoms with Crippen molar-refractivity contribution in [3.8, 4) is 5.75 Å². The molecule has 7 heteroatoms. The highest BCUT2D eigenvalue weighted by atomic mass is 16.5. The summed E-state index contributed by atoms with van der Waals surface area (Å²) in [5, 5.41) is 10.2. The number of fused-ring (bicyclic) bond motifs is 1. The summed E-state index contributed by atoms with van der Waals surface area (Å²) in [6, 6.07) is 14.5. The molecule has 0 saturated heterocycles. The summed E-state index contributed by atoms with van der Waals surface area (Å²) >= 11 is 0. The molecule has 0 aliphatic carbocycles. The van der Waals surface area contributed by atoms with Crippen LogP contribution in [0.4, 0.5) is 0 Å². The smallest absolute Gasteiger partial charge is 0.272 e. The van der Waals surface area contributed by atoms with Gasteiger partial charge in [-0.2, -0.15) is 5.10 Å². The number of nitrogens with zero attached hydrogens (tertiary/aromatic N) is 2. The number of likely N-dealkylation sites (N-methyl/N-ethyl adjacent to an activating group) is 1. The first kappa shape index (κ1) is 18.6. The highest BCUT2D eigenvalue weighted by Gasteiger charge is 2.21. The molecule has 0 aliphatic rings. The average molecular weight is 366 g/mol. The topological polar surface area (TPSA) is 87.3 Å². The molecular weight excluding hydrogens is 344 g/mol. The normalized spacial score (nSPS) is 12.1. The number of carbonyl (C=O) groups excluding carboxylic acids is 1. The van der Waals surface area contributed by atoms with Gasteiger partial charge >= 0.3 is 0 Å². The number of carbonyl (C=O) groups is 1. The van der Waals surface area contributed by atoms with Gasteiger partial charge in [0.25, 0.3) is 11.5 Å². The van der Waals surface area contributed by atoms with Crippen molar-refractivity contribution in [1.82, 2.24) is 20.4 Å². The van der Waals surface area contributed by atoms with Crippen LogP contribution in [0.3, 0.4) is 0 Å². The molecule has 27 heavy (non-hydrogen) atoms. The molecule has 0 aliphatic heterocycles. The second kappa shape index (κ2) is 8.01. The summed E-state index contributed by atoms with van der Waals surface area (Å²) in [5.74, 6) is 0.419. The average Bonchev–Trinajstić information content (AvgIpc) is 2.68. The molecule has 3 rings (SSSR count). The Labute approximate surface area is 157 Å². The van der Waals surface area contributed by atoms with E-state index in [-0.39, 0.29) is 23.2 Å². The Balaban J connectivity index is 1.86. The van der Waals surface area contributed by atoms with E-state index in [1.54, 1.807) is 31.4 Å². The largest absolute Gasteiger partial charge is 0.496 e. The Bertz CT molecular complexity index is 1010. The molecule has 0 bridgehead atoms. The predicted octanol–water partition coefficient (Wildman–Crippen LogP) is 1.96. The van der Waals surface area contributed by atoms with Crippen LogP contribution in [0.1, 0.15) is 22.1 Å². The van der Waals surface area contributed by atoms with Crippen LogP contribution in [0.5, 0.6) is 5.75 Å². The number of benzene rings is 2. The third-order valence-electron chi connectivity index (χ3n) is 4.49. The summed E-state index contributed by atoms with van der Waals surface area (Å²) < 4.78 is 5.45. The first-order valence-electron chi connectivity index (χ1n) is 8.58. The molecule has 1 amide bonds. The van der Waals surface area contributed by atoms with Gasteiger partial charge in [-0.1, -0.05) is 36.4 Å². The second-order valence-corrected chi connectivity index (χ2v) is 6.38. The zero-order chi connectivity index (χ0) is 19.4. The van der Waals surface area contributed by atoms with E-state index >= 15 is 0 Å². The lowest BCUT2D eigenvalue weighted by molar-refractivity contribution is 0.0937. The molecule has 1 unspecified atom stereocenters. The molecule has 140 valence electrons. The monoisotopic (exact) mass is 366 g/mol. The van der Waals surface area contributed by atoms with Crippen LogP contribution in [0, 0.1) is 0 Å². The van der Waals surface area contributed by atoms with E-state index in [9.17, 15) is 9.59 Å². The SMILES string of the molecule is COc1ccccc1C(CNC(=O)c1n[nH]c(=O)c2ccccc12)N(C)C. The van der Waals surface area contributed by atoms with E-state index in [1.165, 1.54) is 0 Å². The molecule has 0 fully saturated rings. The van der Waals surface area contributed by atoms with Crippen LogP contribution in [0.25, 0.3) is 10.8 Å². The van der Waals surface area contributed by atoms with Crippen LogP contribution in [-0.4, -0.2) is 48.8 Å². The van der Waals surface area contributed by atoms with Crippen molar-refractivity contribution >= 4 is 16.7 Å². The molecule has 3 aromatic rings. The quantitative estimate of drug-likeness (QED) is 0.696. The van der Waals surface area contributed by atoms with Crippen LogP contribution >= 0.6 is 0 Å². The van der Waals surface area contributed by atoms with Gasteiger partial charge in [-0.15, -0.1) is 0 Å². The van der Waals surface area contributed by atoms with Crippen molar-refractivity contribution < 1.29 is 9.53 Å². The van der Waals surface area contributed by atoms with Crippen LogP contribution in [0.2, 0.25) is 0 Å². The second-order valence-electron chi connectivity index (χ2n) is 6.38. The number of hydrogen-bond acceptors (Lipinski definition) is 5. The van der Waals surface area contributed by atoms with Crippen molar-refractivity contribution in [3.63, 3.8) is 0 Å². The molecular formula is C20H22N4O3. The number of ether oxygens (including phenoxy) is 1. The zero-order valence-corrected chi connectivity index (χ0v) is 15.5. The maximum Gasteiger partial charge on any atom is 0.272 e.